The zero-order chi connectivity index (χ0) is 15.9. The highest BCUT2D eigenvalue weighted by Gasteiger charge is 2.16. The van der Waals surface area contributed by atoms with Gasteiger partial charge in [-0.15, -0.1) is 0 Å². The van der Waals surface area contributed by atoms with Crippen LogP contribution in [0.15, 0.2) is 35.3 Å². The summed E-state index contributed by atoms with van der Waals surface area (Å²) in [4.78, 5) is 26.2. The van der Waals surface area contributed by atoms with Gasteiger partial charge in [0.1, 0.15) is 0 Å². The molecule has 0 radical (unpaired) electrons. The van der Waals surface area contributed by atoms with E-state index in [1.165, 1.54) is 13.2 Å². The van der Waals surface area contributed by atoms with E-state index in [4.69, 9.17) is 16.3 Å². The summed E-state index contributed by atoms with van der Waals surface area (Å²) in [5, 5.41) is 12.4. The molecule has 3 aromatic rings. The first-order valence-corrected chi connectivity index (χ1v) is 6.89. The topological polar surface area (TPSA) is 79.4 Å². The number of carbonyl (C=O) groups excluding carboxylic acids is 1. The average Bonchev–Trinajstić information content (AvgIpc) is 2.52. The van der Waals surface area contributed by atoms with Crippen molar-refractivity contribution in [2.75, 3.05) is 7.11 Å². The Kier molecular flexibility index (Phi) is 3.60. The van der Waals surface area contributed by atoms with Crippen LogP contribution in [0.4, 0.5) is 0 Å². The molecule has 112 valence electrons. The van der Waals surface area contributed by atoms with Crippen LogP contribution in [0.5, 0.6) is 0 Å². The first kappa shape index (κ1) is 14.6. The Morgan fingerprint density at radius 3 is 2.68 bits per heavy atom. The molecule has 0 bridgehead atoms. The molecule has 0 aliphatic heterocycles. The number of rotatable bonds is 2. The predicted molar refractivity (Wildman–Crippen MR) is 84.3 cm³/mol. The Hall–Kier alpha value is -2.37. The lowest BCUT2D eigenvalue weighted by molar-refractivity contribution is 0.0603. The number of fused-ring (bicyclic) bond motifs is 3. The Morgan fingerprint density at radius 2 is 2.00 bits per heavy atom. The number of hydrogen-bond acceptors (Lipinski definition) is 4. The maximum atomic E-state index is 12.0. The van der Waals surface area contributed by atoms with Crippen LogP contribution in [0.2, 0.25) is 5.02 Å². The molecule has 0 saturated heterocycles. The molecule has 0 aliphatic carbocycles. The van der Waals surface area contributed by atoms with Crippen LogP contribution in [-0.4, -0.2) is 23.2 Å². The standard InChI is InChI=1S/C16H12ClNO4/c1-22-16(21)12-2-8-4-15(20)18-6-13(8)11-5-14(17)9(7-19)3-10(11)12/h2-6,19H,7H2,1H3,(H,18,20). The molecular weight excluding hydrogens is 306 g/mol. The van der Waals surface area contributed by atoms with E-state index in [0.29, 0.717) is 32.3 Å². The molecule has 2 N–H and O–H groups in total. The predicted octanol–water partition coefficient (Wildman–Crippen LogP) is 2.61. The summed E-state index contributed by atoms with van der Waals surface area (Å²) in [6.45, 7) is -0.237. The summed E-state index contributed by atoms with van der Waals surface area (Å²) < 4.78 is 4.81. The molecule has 0 aliphatic rings. The Morgan fingerprint density at radius 1 is 1.23 bits per heavy atom. The van der Waals surface area contributed by atoms with Crippen LogP contribution < -0.4 is 5.56 Å². The van der Waals surface area contributed by atoms with Gasteiger partial charge >= 0.3 is 5.97 Å². The van der Waals surface area contributed by atoms with Crippen LogP contribution in [0.1, 0.15) is 15.9 Å². The summed E-state index contributed by atoms with van der Waals surface area (Å²) in [5.41, 5.74) is 0.575. The monoisotopic (exact) mass is 317 g/mol. The molecule has 0 atom stereocenters. The number of aliphatic hydroxyl groups excluding tert-OH is 1. The minimum Gasteiger partial charge on any atom is -0.465 e. The lowest BCUT2D eigenvalue weighted by Gasteiger charge is -2.11. The number of pyridine rings is 1. The van der Waals surface area contributed by atoms with Crippen molar-refractivity contribution in [2.24, 2.45) is 0 Å². The number of esters is 1. The van der Waals surface area contributed by atoms with E-state index in [2.05, 4.69) is 4.98 Å². The lowest BCUT2D eigenvalue weighted by atomic mass is 9.96. The number of methoxy groups -OCH3 is 1. The van der Waals surface area contributed by atoms with Gasteiger partial charge in [-0.1, -0.05) is 11.6 Å². The number of H-pyrrole nitrogens is 1. The number of aromatic nitrogens is 1. The molecule has 2 aromatic carbocycles. The number of ether oxygens (including phenoxy) is 1. The smallest absolute Gasteiger partial charge is 0.338 e. The van der Waals surface area contributed by atoms with Gasteiger partial charge in [-0.05, 0) is 39.9 Å². The van der Waals surface area contributed by atoms with Crippen molar-refractivity contribution in [1.29, 1.82) is 0 Å². The van der Waals surface area contributed by atoms with E-state index in [0.717, 1.165) is 5.39 Å². The first-order valence-electron chi connectivity index (χ1n) is 6.52. The van der Waals surface area contributed by atoms with Crippen LogP contribution in [0, 0.1) is 0 Å². The fourth-order valence-corrected chi connectivity index (χ4v) is 2.76. The maximum Gasteiger partial charge on any atom is 0.338 e. The third-order valence-corrected chi connectivity index (χ3v) is 3.95. The third kappa shape index (κ3) is 2.24. The van der Waals surface area contributed by atoms with Crippen LogP contribution in [-0.2, 0) is 11.3 Å². The van der Waals surface area contributed by atoms with Gasteiger partial charge in [-0.3, -0.25) is 4.79 Å². The molecule has 5 nitrogen and oxygen atoms in total. The molecule has 3 rings (SSSR count). The van der Waals surface area contributed by atoms with Crippen molar-refractivity contribution in [3.8, 4) is 0 Å². The molecule has 0 fully saturated rings. The van der Waals surface area contributed by atoms with Crippen LogP contribution in [0.25, 0.3) is 21.5 Å². The highest BCUT2D eigenvalue weighted by atomic mass is 35.5. The van der Waals surface area contributed by atoms with Gasteiger partial charge in [0.25, 0.3) is 0 Å². The maximum absolute atomic E-state index is 12.0. The minimum atomic E-state index is -0.515. The number of aliphatic hydroxyl groups is 1. The van der Waals surface area contributed by atoms with Gasteiger partial charge in [-0.2, -0.15) is 0 Å². The highest BCUT2D eigenvalue weighted by Crippen LogP contribution is 2.32. The molecule has 0 spiro atoms. The van der Waals surface area contributed by atoms with E-state index in [1.807, 2.05) is 0 Å². The number of halogens is 1. The number of carbonyl (C=O) groups is 1. The largest absolute Gasteiger partial charge is 0.465 e. The van der Waals surface area contributed by atoms with Crippen molar-refractivity contribution in [3.05, 3.63) is 57.0 Å². The molecule has 0 saturated carbocycles. The summed E-state index contributed by atoms with van der Waals surface area (Å²) in [7, 11) is 1.29. The number of aromatic amines is 1. The van der Waals surface area contributed by atoms with E-state index in [9.17, 15) is 14.7 Å². The Labute approximate surface area is 130 Å². The second kappa shape index (κ2) is 5.44. The normalized spacial score (nSPS) is 11.0. The lowest BCUT2D eigenvalue weighted by Crippen LogP contribution is -2.06. The van der Waals surface area contributed by atoms with Gasteiger partial charge in [0.05, 0.1) is 19.3 Å². The highest BCUT2D eigenvalue weighted by molar-refractivity contribution is 6.33. The van der Waals surface area contributed by atoms with E-state index in [-0.39, 0.29) is 12.2 Å². The van der Waals surface area contributed by atoms with E-state index >= 15 is 0 Å². The van der Waals surface area contributed by atoms with Crippen molar-refractivity contribution >= 4 is 39.1 Å². The van der Waals surface area contributed by atoms with Gasteiger partial charge in [0, 0.05) is 22.7 Å². The molecule has 0 unspecified atom stereocenters. The van der Waals surface area contributed by atoms with Gasteiger partial charge in [0.2, 0.25) is 5.56 Å². The Balaban J connectivity index is 2.53. The van der Waals surface area contributed by atoms with Crippen LogP contribution in [0.3, 0.4) is 0 Å². The van der Waals surface area contributed by atoms with Crippen molar-refractivity contribution < 1.29 is 14.6 Å². The summed E-state index contributed by atoms with van der Waals surface area (Å²) in [5.74, 6) is -0.515. The quantitative estimate of drug-likeness (QED) is 0.562. The van der Waals surface area contributed by atoms with Crippen molar-refractivity contribution in [3.63, 3.8) is 0 Å². The fourth-order valence-electron chi connectivity index (χ4n) is 2.54. The van der Waals surface area contributed by atoms with Crippen LogP contribution >= 0.6 is 11.6 Å². The van der Waals surface area contributed by atoms with Crippen molar-refractivity contribution in [1.82, 2.24) is 4.98 Å². The molecule has 1 heterocycles. The summed E-state index contributed by atoms with van der Waals surface area (Å²) in [6, 6.07) is 6.35. The fraction of sp³-hybridized carbons (Fsp3) is 0.125. The van der Waals surface area contributed by atoms with E-state index < -0.39 is 5.97 Å². The zero-order valence-electron chi connectivity index (χ0n) is 11.6. The SMILES string of the molecule is COC(=O)c1cc2cc(=O)[nH]cc2c2cc(Cl)c(CO)cc12. The molecule has 1 aromatic heterocycles. The van der Waals surface area contributed by atoms with E-state index in [1.54, 1.807) is 24.4 Å². The van der Waals surface area contributed by atoms with Gasteiger partial charge in [-0.25, -0.2) is 4.79 Å². The third-order valence-electron chi connectivity index (χ3n) is 3.60. The summed E-state index contributed by atoms with van der Waals surface area (Å²) in [6.07, 6.45) is 1.58. The van der Waals surface area contributed by atoms with Crippen molar-refractivity contribution in [2.45, 2.75) is 6.61 Å². The minimum absolute atomic E-state index is 0.237. The second-order valence-electron chi connectivity index (χ2n) is 4.86. The molecular formula is C16H12ClNO4. The number of nitrogens with one attached hydrogen (secondary N) is 1. The first-order chi connectivity index (χ1) is 10.5. The van der Waals surface area contributed by atoms with Gasteiger partial charge in [0.15, 0.2) is 0 Å². The zero-order valence-corrected chi connectivity index (χ0v) is 12.4. The Bertz CT molecular complexity index is 962. The summed E-state index contributed by atoms with van der Waals surface area (Å²) >= 11 is 6.15. The van der Waals surface area contributed by atoms with Gasteiger partial charge < -0.3 is 14.8 Å². The average molecular weight is 318 g/mol. The molecule has 0 amide bonds. The molecule has 22 heavy (non-hydrogen) atoms. The number of hydrogen-bond donors (Lipinski definition) is 2. The number of benzene rings is 2. The molecule has 6 heteroatoms. The second-order valence-corrected chi connectivity index (χ2v) is 5.27.